The lowest BCUT2D eigenvalue weighted by atomic mass is 9.79. The molecule has 1 aliphatic heterocycles. The third-order valence-electron chi connectivity index (χ3n) is 2.57. The van der Waals surface area contributed by atoms with Crippen molar-refractivity contribution in [3.8, 4) is 0 Å². The molecule has 0 radical (unpaired) electrons. The second-order valence-corrected chi connectivity index (χ2v) is 3.47. The van der Waals surface area contributed by atoms with Gasteiger partial charge in [-0.05, 0) is 6.92 Å². The van der Waals surface area contributed by atoms with E-state index in [-0.39, 0.29) is 11.5 Å². The van der Waals surface area contributed by atoms with Crippen molar-refractivity contribution in [2.45, 2.75) is 18.9 Å². The summed E-state index contributed by atoms with van der Waals surface area (Å²) in [5.74, 6) is 0.237. The molecule has 2 rings (SSSR count). The van der Waals surface area contributed by atoms with Gasteiger partial charge in [0.05, 0.1) is 18.1 Å². The smallest absolute Gasteiger partial charge is 0.145 e. The molecule has 2 unspecified atom stereocenters. The van der Waals surface area contributed by atoms with Gasteiger partial charge in [0.1, 0.15) is 5.78 Å². The van der Waals surface area contributed by atoms with Crippen LogP contribution >= 0.6 is 0 Å². The zero-order valence-corrected chi connectivity index (χ0v) is 7.12. The lowest BCUT2D eigenvalue weighted by molar-refractivity contribution is -0.140. The molecule has 0 aromatic carbocycles. The van der Waals surface area contributed by atoms with Crippen LogP contribution in [0.5, 0.6) is 0 Å². The van der Waals surface area contributed by atoms with Gasteiger partial charge in [-0.25, -0.2) is 0 Å². The molecule has 1 heterocycles. The Morgan fingerprint density at radius 1 is 1.58 bits per heavy atom. The number of fused-ring (bicyclic) bond motifs is 1. The Labute approximate surface area is 71.9 Å². The third-order valence-corrected chi connectivity index (χ3v) is 2.57. The summed E-state index contributed by atoms with van der Waals surface area (Å²) in [6.07, 6.45) is 8.31. The average molecular weight is 164 g/mol. The number of hydrogen-bond donors (Lipinski definition) is 0. The van der Waals surface area contributed by atoms with E-state index in [9.17, 15) is 4.79 Å². The molecule has 2 nitrogen and oxygen atoms in total. The van der Waals surface area contributed by atoms with E-state index >= 15 is 0 Å². The monoisotopic (exact) mass is 164 g/mol. The van der Waals surface area contributed by atoms with Crippen LogP contribution in [-0.2, 0) is 9.53 Å². The van der Waals surface area contributed by atoms with E-state index in [2.05, 4.69) is 0 Å². The molecule has 12 heavy (non-hydrogen) atoms. The molecule has 0 bridgehead atoms. The number of rotatable bonds is 0. The minimum atomic E-state index is -0.371. The maximum absolute atomic E-state index is 11.5. The molecule has 1 aliphatic carbocycles. The number of ketones is 1. The largest absolute Gasteiger partial charge is 0.370 e. The fourth-order valence-electron chi connectivity index (χ4n) is 1.81. The molecule has 0 N–H and O–H groups in total. The van der Waals surface area contributed by atoms with Crippen molar-refractivity contribution in [2.24, 2.45) is 5.92 Å². The molecule has 0 saturated carbocycles. The van der Waals surface area contributed by atoms with Gasteiger partial charge in [-0.15, -0.1) is 0 Å². The lowest BCUT2D eigenvalue weighted by Crippen LogP contribution is -2.45. The minimum absolute atomic E-state index is 0.0590. The molecule has 0 aromatic rings. The van der Waals surface area contributed by atoms with E-state index < -0.39 is 0 Å². The molecule has 64 valence electrons. The minimum Gasteiger partial charge on any atom is -0.370 e. The standard InChI is InChI=1S/C10H12O2/c1-10-6-3-2-4-8(10)9(11)5-7-12-10/h2-4,6,8H,5,7H2,1H3. The SMILES string of the molecule is CC12C=CC=CC1C(=O)CCO2. The zero-order valence-electron chi connectivity index (χ0n) is 7.12. The normalized spacial score (nSPS) is 39.8. The second kappa shape index (κ2) is 2.56. The van der Waals surface area contributed by atoms with Crippen molar-refractivity contribution < 1.29 is 9.53 Å². The molecule has 0 spiro atoms. The summed E-state index contributed by atoms with van der Waals surface area (Å²) >= 11 is 0. The fraction of sp³-hybridized carbons (Fsp3) is 0.500. The Morgan fingerprint density at radius 2 is 2.42 bits per heavy atom. The van der Waals surface area contributed by atoms with Crippen LogP contribution < -0.4 is 0 Å². The Hall–Kier alpha value is -0.890. The highest BCUT2D eigenvalue weighted by Crippen LogP contribution is 2.33. The number of carbonyl (C=O) groups is 1. The highest BCUT2D eigenvalue weighted by Gasteiger charge is 2.40. The molecular formula is C10H12O2. The van der Waals surface area contributed by atoms with Gasteiger partial charge in [-0.3, -0.25) is 4.79 Å². The maximum Gasteiger partial charge on any atom is 0.145 e. The van der Waals surface area contributed by atoms with E-state index in [0.717, 1.165) is 0 Å². The van der Waals surface area contributed by atoms with Crippen LogP contribution in [0, 0.1) is 5.92 Å². The van der Waals surface area contributed by atoms with E-state index in [0.29, 0.717) is 18.8 Å². The first-order chi connectivity index (χ1) is 5.72. The zero-order chi connectivity index (χ0) is 8.60. The van der Waals surface area contributed by atoms with Crippen molar-refractivity contribution >= 4 is 5.78 Å². The molecule has 2 heteroatoms. The Kier molecular flexibility index (Phi) is 1.65. The van der Waals surface area contributed by atoms with Crippen LogP contribution in [0.1, 0.15) is 13.3 Å². The highest BCUT2D eigenvalue weighted by molar-refractivity contribution is 5.85. The van der Waals surface area contributed by atoms with Gasteiger partial charge in [0, 0.05) is 6.42 Å². The van der Waals surface area contributed by atoms with Gasteiger partial charge in [0.25, 0.3) is 0 Å². The van der Waals surface area contributed by atoms with E-state index in [1.54, 1.807) is 0 Å². The average Bonchev–Trinajstić information content (AvgIpc) is 2.04. The predicted octanol–water partition coefficient (Wildman–Crippen LogP) is 1.48. The number of ether oxygens (including phenoxy) is 1. The Morgan fingerprint density at radius 3 is 3.17 bits per heavy atom. The first kappa shape index (κ1) is 7.74. The second-order valence-electron chi connectivity index (χ2n) is 3.47. The van der Waals surface area contributed by atoms with Gasteiger partial charge in [0.15, 0.2) is 0 Å². The summed E-state index contributed by atoms with van der Waals surface area (Å²) in [6, 6.07) is 0. The first-order valence-corrected chi connectivity index (χ1v) is 4.25. The fourth-order valence-corrected chi connectivity index (χ4v) is 1.81. The van der Waals surface area contributed by atoms with Crippen molar-refractivity contribution in [2.75, 3.05) is 6.61 Å². The number of Topliss-reactive ketones (excluding diaryl/α,β-unsaturated/α-hetero) is 1. The summed E-state index contributed by atoms with van der Waals surface area (Å²) in [7, 11) is 0. The summed E-state index contributed by atoms with van der Waals surface area (Å²) < 4.78 is 5.58. The van der Waals surface area contributed by atoms with Gasteiger partial charge in [-0.2, -0.15) is 0 Å². The third kappa shape index (κ3) is 1.03. The van der Waals surface area contributed by atoms with Crippen molar-refractivity contribution in [1.82, 2.24) is 0 Å². The highest BCUT2D eigenvalue weighted by atomic mass is 16.5. The summed E-state index contributed by atoms with van der Waals surface area (Å²) in [4.78, 5) is 11.5. The summed E-state index contributed by atoms with van der Waals surface area (Å²) in [6.45, 7) is 2.53. The van der Waals surface area contributed by atoms with E-state index in [4.69, 9.17) is 4.74 Å². The Bertz CT molecular complexity index is 265. The lowest BCUT2D eigenvalue weighted by Gasteiger charge is -2.37. The molecule has 2 atom stereocenters. The molecule has 0 amide bonds. The summed E-state index contributed by atoms with van der Waals surface area (Å²) in [5.41, 5.74) is -0.371. The van der Waals surface area contributed by atoms with Gasteiger partial charge in [-0.1, -0.05) is 24.3 Å². The molecule has 1 saturated heterocycles. The van der Waals surface area contributed by atoms with Gasteiger partial charge in [0.2, 0.25) is 0 Å². The molecule has 2 aliphatic rings. The van der Waals surface area contributed by atoms with Crippen LogP contribution in [0.15, 0.2) is 24.3 Å². The van der Waals surface area contributed by atoms with Crippen LogP contribution in [0.3, 0.4) is 0 Å². The predicted molar refractivity (Wildman–Crippen MR) is 45.8 cm³/mol. The number of allylic oxidation sites excluding steroid dienone is 2. The Balaban J connectivity index is 2.32. The molecule has 1 fully saturated rings. The van der Waals surface area contributed by atoms with Crippen molar-refractivity contribution in [3.63, 3.8) is 0 Å². The van der Waals surface area contributed by atoms with Crippen LogP contribution in [0.4, 0.5) is 0 Å². The summed E-state index contributed by atoms with van der Waals surface area (Å²) in [5, 5.41) is 0. The molecule has 0 aromatic heterocycles. The van der Waals surface area contributed by atoms with Crippen molar-refractivity contribution in [1.29, 1.82) is 0 Å². The van der Waals surface area contributed by atoms with E-state index in [1.165, 1.54) is 0 Å². The van der Waals surface area contributed by atoms with Crippen molar-refractivity contribution in [3.05, 3.63) is 24.3 Å². The topological polar surface area (TPSA) is 26.3 Å². The van der Waals surface area contributed by atoms with Gasteiger partial charge >= 0.3 is 0 Å². The number of carbonyl (C=O) groups excluding carboxylic acids is 1. The molecular weight excluding hydrogens is 152 g/mol. The van der Waals surface area contributed by atoms with Crippen LogP contribution in [0.25, 0.3) is 0 Å². The van der Waals surface area contributed by atoms with Crippen LogP contribution in [0.2, 0.25) is 0 Å². The quantitative estimate of drug-likeness (QED) is 0.542. The number of hydrogen-bond acceptors (Lipinski definition) is 2. The maximum atomic E-state index is 11.5. The van der Waals surface area contributed by atoms with Crippen LogP contribution in [-0.4, -0.2) is 18.0 Å². The van der Waals surface area contributed by atoms with Gasteiger partial charge < -0.3 is 4.74 Å². The first-order valence-electron chi connectivity index (χ1n) is 4.25. The van der Waals surface area contributed by atoms with E-state index in [1.807, 2.05) is 31.2 Å².